The second-order valence-electron chi connectivity index (χ2n) is 5.63. The van der Waals surface area contributed by atoms with E-state index in [0.717, 1.165) is 22.3 Å². The average Bonchev–Trinajstić information content (AvgIpc) is 2.59. The molecule has 0 N–H and O–H groups in total. The molecular formula is C19H14Cl4N2. The van der Waals surface area contributed by atoms with Crippen LogP contribution in [0.15, 0.2) is 36.4 Å². The van der Waals surface area contributed by atoms with Crippen molar-refractivity contribution < 1.29 is 0 Å². The van der Waals surface area contributed by atoms with Gasteiger partial charge >= 0.3 is 0 Å². The van der Waals surface area contributed by atoms with Crippen LogP contribution in [0.3, 0.4) is 0 Å². The van der Waals surface area contributed by atoms with Gasteiger partial charge in [0.25, 0.3) is 0 Å². The topological polar surface area (TPSA) is 47.6 Å². The molecule has 128 valence electrons. The Bertz CT molecular complexity index is 767. The Hall–Kier alpha value is -1.42. The zero-order valence-corrected chi connectivity index (χ0v) is 16.2. The summed E-state index contributed by atoms with van der Waals surface area (Å²) in [5.41, 5.74) is 3.77. The van der Waals surface area contributed by atoms with E-state index in [9.17, 15) is 0 Å². The monoisotopic (exact) mass is 410 g/mol. The van der Waals surface area contributed by atoms with E-state index in [1.165, 1.54) is 0 Å². The SMILES string of the molecule is N#C[C@@H](Cl)Cc1ccc(Cc2ccc(C[C@H](Cl)C#N)c(Cl)c2)cc1Cl. The van der Waals surface area contributed by atoms with E-state index in [1.807, 2.05) is 48.5 Å². The van der Waals surface area contributed by atoms with Crippen LogP contribution in [0.1, 0.15) is 22.3 Å². The number of halogens is 4. The predicted molar refractivity (Wildman–Crippen MR) is 104 cm³/mol. The van der Waals surface area contributed by atoms with Crippen molar-refractivity contribution in [3.63, 3.8) is 0 Å². The third kappa shape index (κ3) is 5.81. The predicted octanol–water partition coefficient (Wildman–Crippen LogP) is 5.93. The fourth-order valence-corrected chi connectivity index (χ4v) is 3.34. The van der Waals surface area contributed by atoms with Gasteiger partial charge in [0.05, 0.1) is 12.1 Å². The maximum Gasteiger partial charge on any atom is 0.124 e. The summed E-state index contributed by atoms with van der Waals surface area (Å²) in [5, 5.41) is 17.6. The van der Waals surface area contributed by atoms with Crippen molar-refractivity contribution in [2.75, 3.05) is 0 Å². The molecule has 0 aliphatic heterocycles. The third-order valence-electron chi connectivity index (χ3n) is 3.72. The highest BCUT2D eigenvalue weighted by Crippen LogP contribution is 2.25. The first-order valence-corrected chi connectivity index (χ1v) is 9.17. The molecule has 2 rings (SSSR count). The molecule has 0 spiro atoms. The van der Waals surface area contributed by atoms with Crippen LogP contribution < -0.4 is 0 Å². The number of alkyl halides is 2. The molecule has 2 aromatic carbocycles. The summed E-state index contributed by atoms with van der Waals surface area (Å²) in [6.45, 7) is 0. The van der Waals surface area contributed by atoms with Crippen LogP contribution >= 0.6 is 46.4 Å². The normalized spacial score (nSPS) is 12.9. The Labute approximate surface area is 167 Å². The van der Waals surface area contributed by atoms with E-state index in [-0.39, 0.29) is 0 Å². The van der Waals surface area contributed by atoms with Crippen molar-refractivity contribution in [1.29, 1.82) is 10.5 Å². The van der Waals surface area contributed by atoms with Crippen molar-refractivity contribution in [3.8, 4) is 12.1 Å². The Morgan fingerprint density at radius 3 is 1.48 bits per heavy atom. The third-order valence-corrected chi connectivity index (χ3v) is 4.93. The molecule has 0 fully saturated rings. The first-order chi connectivity index (χ1) is 11.9. The van der Waals surface area contributed by atoms with Crippen LogP contribution in [0.5, 0.6) is 0 Å². The lowest BCUT2D eigenvalue weighted by Gasteiger charge is -2.10. The van der Waals surface area contributed by atoms with E-state index < -0.39 is 10.8 Å². The molecular weight excluding hydrogens is 398 g/mol. The largest absolute Gasteiger partial charge is 0.197 e. The lowest BCUT2D eigenvalue weighted by molar-refractivity contribution is 1.01. The number of nitriles is 2. The quantitative estimate of drug-likeness (QED) is 0.552. The zero-order valence-electron chi connectivity index (χ0n) is 13.1. The van der Waals surface area contributed by atoms with Gasteiger partial charge in [0.2, 0.25) is 0 Å². The molecule has 0 bridgehead atoms. The molecule has 6 heteroatoms. The van der Waals surface area contributed by atoms with Crippen LogP contribution in [0.25, 0.3) is 0 Å². The smallest absolute Gasteiger partial charge is 0.124 e. The Balaban J connectivity index is 2.12. The lowest BCUT2D eigenvalue weighted by Crippen LogP contribution is -2.02. The maximum atomic E-state index is 8.79. The average molecular weight is 412 g/mol. The van der Waals surface area contributed by atoms with Gasteiger partial charge in [-0.2, -0.15) is 10.5 Å². The van der Waals surface area contributed by atoms with Crippen LogP contribution in [0.4, 0.5) is 0 Å². The van der Waals surface area contributed by atoms with E-state index in [1.54, 1.807) is 0 Å². The van der Waals surface area contributed by atoms with Gasteiger partial charge in [0, 0.05) is 22.9 Å². The Morgan fingerprint density at radius 1 is 0.760 bits per heavy atom. The van der Waals surface area contributed by atoms with Gasteiger partial charge < -0.3 is 0 Å². The molecule has 25 heavy (non-hydrogen) atoms. The molecule has 0 saturated carbocycles. The summed E-state index contributed by atoms with van der Waals surface area (Å²) < 4.78 is 0. The minimum absolute atomic E-state index is 0.413. The second-order valence-corrected chi connectivity index (χ2v) is 7.50. The summed E-state index contributed by atoms with van der Waals surface area (Å²) in [6.07, 6.45) is 1.50. The molecule has 0 heterocycles. The molecule has 2 nitrogen and oxygen atoms in total. The summed E-state index contributed by atoms with van der Waals surface area (Å²) in [4.78, 5) is 0. The van der Waals surface area contributed by atoms with Crippen molar-refractivity contribution in [2.24, 2.45) is 0 Å². The van der Waals surface area contributed by atoms with E-state index >= 15 is 0 Å². The van der Waals surface area contributed by atoms with Crippen molar-refractivity contribution >= 4 is 46.4 Å². The van der Waals surface area contributed by atoms with Crippen LogP contribution in [-0.2, 0) is 19.3 Å². The minimum Gasteiger partial charge on any atom is -0.197 e. The summed E-state index contributed by atoms with van der Waals surface area (Å²) in [6, 6.07) is 15.5. The van der Waals surface area contributed by atoms with Crippen molar-refractivity contribution in [3.05, 3.63) is 68.7 Å². The van der Waals surface area contributed by atoms with Crippen molar-refractivity contribution in [1.82, 2.24) is 0 Å². The van der Waals surface area contributed by atoms with Gasteiger partial charge in [-0.05, 0) is 40.8 Å². The van der Waals surface area contributed by atoms with Crippen LogP contribution in [0, 0.1) is 22.7 Å². The van der Waals surface area contributed by atoms with Gasteiger partial charge in [0.15, 0.2) is 0 Å². The van der Waals surface area contributed by atoms with Gasteiger partial charge in [0.1, 0.15) is 10.8 Å². The number of hydrogen-bond donors (Lipinski definition) is 0. The highest BCUT2D eigenvalue weighted by Gasteiger charge is 2.11. The standard InChI is InChI=1S/C19H14Cl4N2/c20-16(10-24)8-14-3-1-12(6-18(14)22)5-13-2-4-15(19(23)7-13)9-17(21)11-25/h1-4,6-7,16-17H,5,8-9H2/t16-,17-/m0/s1. The molecule has 2 aromatic rings. The zero-order chi connectivity index (χ0) is 18.4. The van der Waals surface area contributed by atoms with Crippen molar-refractivity contribution in [2.45, 2.75) is 30.0 Å². The molecule has 0 aliphatic carbocycles. The lowest BCUT2D eigenvalue weighted by atomic mass is 10.00. The maximum absolute atomic E-state index is 8.79. The Morgan fingerprint density at radius 2 is 1.16 bits per heavy atom. The Kier molecular flexibility index (Phi) is 7.42. The number of rotatable bonds is 6. The molecule has 0 aliphatic rings. The molecule has 0 saturated heterocycles. The molecule has 0 amide bonds. The first kappa shape index (κ1) is 19.9. The second kappa shape index (κ2) is 9.33. The number of benzene rings is 2. The highest BCUT2D eigenvalue weighted by molar-refractivity contribution is 6.32. The number of hydrogen-bond acceptors (Lipinski definition) is 2. The summed E-state index contributed by atoms with van der Waals surface area (Å²) >= 11 is 24.3. The van der Waals surface area contributed by atoms with E-state index in [4.69, 9.17) is 56.9 Å². The van der Waals surface area contributed by atoms with Gasteiger partial charge in [-0.25, -0.2) is 0 Å². The fraction of sp³-hybridized carbons (Fsp3) is 0.263. The number of nitrogens with zero attached hydrogens (tertiary/aromatic N) is 2. The van der Waals surface area contributed by atoms with Gasteiger partial charge in [-0.3, -0.25) is 0 Å². The van der Waals surface area contributed by atoms with Crippen LogP contribution in [-0.4, -0.2) is 10.8 Å². The van der Waals surface area contributed by atoms with Gasteiger partial charge in [-0.1, -0.05) is 47.5 Å². The minimum atomic E-state index is -0.589. The molecule has 0 aromatic heterocycles. The van der Waals surface area contributed by atoms with E-state index in [0.29, 0.717) is 29.3 Å². The fourth-order valence-electron chi connectivity index (χ4n) is 2.45. The first-order valence-electron chi connectivity index (χ1n) is 7.55. The molecule has 2 atom stereocenters. The highest BCUT2D eigenvalue weighted by atomic mass is 35.5. The van der Waals surface area contributed by atoms with Crippen LogP contribution in [0.2, 0.25) is 10.0 Å². The molecule has 0 radical (unpaired) electrons. The molecule has 0 unspecified atom stereocenters. The van der Waals surface area contributed by atoms with Gasteiger partial charge in [-0.15, -0.1) is 23.2 Å². The summed E-state index contributed by atoms with van der Waals surface area (Å²) in [5.74, 6) is 0. The summed E-state index contributed by atoms with van der Waals surface area (Å²) in [7, 11) is 0. The van der Waals surface area contributed by atoms with E-state index in [2.05, 4.69) is 0 Å².